The van der Waals surface area contributed by atoms with E-state index in [0.29, 0.717) is 30.3 Å². The van der Waals surface area contributed by atoms with Gasteiger partial charge in [-0.25, -0.2) is 9.78 Å². The zero-order valence-corrected chi connectivity index (χ0v) is 17.0. The molecular weight excluding hydrogens is 384 g/mol. The minimum atomic E-state index is -0.106. The highest BCUT2D eigenvalue weighted by atomic mass is 16.5. The summed E-state index contributed by atoms with van der Waals surface area (Å²) < 4.78 is 10.5. The molecule has 1 atom stereocenters. The molecule has 0 aliphatic carbocycles. The smallest absolute Gasteiger partial charge is 0.330 e. The summed E-state index contributed by atoms with van der Waals surface area (Å²) in [6, 6.07) is 1.98. The van der Waals surface area contributed by atoms with Crippen LogP contribution >= 0.6 is 0 Å². The van der Waals surface area contributed by atoms with Gasteiger partial charge >= 0.3 is 5.69 Å². The van der Waals surface area contributed by atoms with Gasteiger partial charge in [-0.3, -0.25) is 18.8 Å². The Kier molecular flexibility index (Phi) is 4.35. The summed E-state index contributed by atoms with van der Waals surface area (Å²) >= 11 is 0. The molecule has 0 unspecified atom stereocenters. The third kappa shape index (κ3) is 3.05. The number of imidazole rings is 1. The van der Waals surface area contributed by atoms with Gasteiger partial charge in [0, 0.05) is 32.5 Å². The first-order valence-electron chi connectivity index (χ1n) is 9.75. The molecule has 5 heterocycles. The summed E-state index contributed by atoms with van der Waals surface area (Å²) in [5, 5.41) is 7.43. The standard InChI is InChI=1S/C20H22N8O2/c1-12-6-15(13-7-23-26(2)10-13)21-8-16(12)24-19-22-9-17-18(25-19)28(20(29)27(17)3)14-4-5-30-11-14/h6-10,14H,4-5,11H2,1-3H3,(H,22,24,25)/t14-/m0/s1. The van der Waals surface area contributed by atoms with Crippen LogP contribution in [0.2, 0.25) is 0 Å². The molecule has 4 aromatic heterocycles. The maximum atomic E-state index is 12.7. The molecule has 0 saturated carbocycles. The normalized spacial score (nSPS) is 16.4. The number of rotatable bonds is 4. The van der Waals surface area contributed by atoms with E-state index in [2.05, 4.69) is 25.4 Å². The van der Waals surface area contributed by atoms with E-state index in [4.69, 9.17) is 4.74 Å². The third-order valence-electron chi connectivity index (χ3n) is 5.46. The predicted octanol–water partition coefficient (Wildman–Crippen LogP) is 1.94. The first kappa shape index (κ1) is 18.5. The van der Waals surface area contributed by atoms with Gasteiger partial charge in [0.05, 0.1) is 42.6 Å². The maximum absolute atomic E-state index is 12.7. The lowest BCUT2D eigenvalue weighted by Crippen LogP contribution is -2.26. The van der Waals surface area contributed by atoms with Crippen molar-refractivity contribution >= 4 is 22.8 Å². The summed E-state index contributed by atoms with van der Waals surface area (Å²) in [7, 11) is 3.61. The van der Waals surface area contributed by atoms with E-state index in [1.165, 1.54) is 0 Å². The second-order valence-corrected chi connectivity index (χ2v) is 7.54. The molecule has 10 heteroatoms. The third-order valence-corrected chi connectivity index (χ3v) is 5.46. The van der Waals surface area contributed by atoms with Crippen LogP contribution in [0.1, 0.15) is 18.0 Å². The Balaban J connectivity index is 1.50. The first-order chi connectivity index (χ1) is 14.5. The fourth-order valence-corrected chi connectivity index (χ4v) is 3.77. The van der Waals surface area contributed by atoms with Crippen molar-refractivity contribution in [1.29, 1.82) is 0 Å². The SMILES string of the molecule is Cc1cc(-c2cnn(C)c2)ncc1Nc1ncc2c(n1)n([C@H]1CCOC1)c(=O)n2C. The molecule has 1 aliphatic heterocycles. The minimum absolute atomic E-state index is 0.00822. The lowest BCUT2D eigenvalue weighted by atomic mass is 10.1. The van der Waals surface area contributed by atoms with Gasteiger partial charge in [0.1, 0.15) is 5.52 Å². The summed E-state index contributed by atoms with van der Waals surface area (Å²) in [5.41, 5.74) is 4.80. The lowest BCUT2D eigenvalue weighted by molar-refractivity contribution is 0.186. The first-order valence-corrected chi connectivity index (χ1v) is 9.75. The number of anilines is 2. The van der Waals surface area contributed by atoms with Crippen LogP contribution in [-0.4, -0.2) is 47.1 Å². The number of ether oxygens (including phenoxy) is 1. The van der Waals surface area contributed by atoms with Gasteiger partial charge < -0.3 is 10.1 Å². The predicted molar refractivity (Wildman–Crippen MR) is 112 cm³/mol. The van der Waals surface area contributed by atoms with Gasteiger partial charge in [-0.05, 0) is 25.0 Å². The van der Waals surface area contributed by atoms with Crippen LogP contribution in [0.4, 0.5) is 11.6 Å². The molecule has 0 amide bonds. The van der Waals surface area contributed by atoms with Crippen LogP contribution in [-0.2, 0) is 18.8 Å². The van der Waals surface area contributed by atoms with Crippen LogP contribution in [0.25, 0.3) is 22.4 Å². The van der Waals surface area contributed by atoms with Crippen molar-refractivity contribution in [2.24, 2.45) is 14.1 Å². The van der Waals surface area contributed by atoms with Crippen molar-refractivity contribution in [2.75, 3.05) is 18.5 Å². The van der Waals surface area contributed by atoms with Gasteiger partial charge in [-0.2, -0.15) is 10.1 Å². The zero-order chi connectivity index (χ0) is 20.8. The summed E-state index contributed by atoms with van der Waals surface area (Å²) in [4.78, 5) is 26.3. The molecule has 154 valence electrons. The Morgan fingerprint density at radius 2 is 2.07 bits per heavy atom. The largest absolute Gasteiger partial charge is 0.379 e. The second-order valence-electron chi connectivity index (χ2n) is 7.54. The quantitative estimate of drug-likeness (QED) is 0.552. The van der Waals surface area contributed by atoms with Crippen molar-refractivity contribution in [3.63, 3.8) is 0 Å². The molecule has 5 rings (SSSR count). The van der Waals surface area contributed by atoms with Crippen LogP contribution in [0.3, 0.4) is 0 Å². The molecule has 0 bridgehead atoms. The Morgan fingerprint density at radius 3 is 2.77 bits per heavy atom. The Bertz CT molecular complexity index is 1300. The molecule has 30 heavy (non-hydrogen) atoms. The summed E-state index contributed by atoms with van der Waals surface area (Å²) in [6.45, 7) is 3.17. The lowest BCUT2D eigenvalue weighted by Gasteiger charge is -2.11. The number of nitrogens with zero attached hydrogens (tertiary/aromatic N) is 7. The van der Waals surface area contributed by atoms with Gasteiger partial charge in [0.25, 0.3) is 0 Å². The van der Waals surface area contributed by atoms with E-state index in [1.807, 2.05) is 26.2 Å². The van der Waals surface area contributed by atoms with Crippen LogP contribution in [0, 0.1) is 6.92 Å². The fraction of sp³-hybridized carbons (Fsp3) is 0.350. The van der Waals surface area contributed by atoms with Crippen molar-refractivity contribution in [1.82, 2.24) is 33.9 Å². The van der Waals surface area contributed by atoms with E-state index < -0.39 is 0 Å². The van der Waals surface area contributed by atoms with Gasteiger partial charge in [-0.15, -0.1) is 0 Å². The van der Waals surface area contributed by atoms with Crippen LogP contribution in [0.5, 0.6) is 0 Å². The number of pyridine rings is 1. The highest BCUT2D eigenvalue weighted by Gasteiger charge is 2.24. The molecule has 0 spiro atoms. The molecule has 0 aromatic carbocycles. The van der Waals surface area contributed by atoms with E-state index in [1.54, 1.807) is 39.5 Å². The van der Waals surface area contributed by atoms with Crippen LogP contribution < -0.4 is 11.0 Å². The Morgan fingerprint density at radius 1 is 1.20 bits per heavy atom. The molecule has 0 radical (unpaired) electrons. The number of aromatic nitrogens is 7. The molecule has 1 aliphatic rings. The van der Waals surface area contributed by atoms with E-state index >= 15 is 0 Å². The number of aryl methyl sites for hydroxylation is 3. The highest BCUT2D eigenvalue weighted by molar-refractivity contribution is 5.73. The minimum Gasteiger partial charge on any atom is -0.379 e. The monoisotopic (exact) mass is 406 g/mol. The molecule has 10 nitrogen and oxygen atoms in total. The summed E-state index contributed by atoms with van der Waals surface area (Å²) in [5.74, 6) is 0.416. The number of hydrogen-bond donors (Lipinski definition) is 1. The topological polar surface area (TPSA) is 105 Å². The van der Waals surface area contributed by atoms with Crippen molar-refractivity contribution in [3.8, 4) is 11.3 Å². The van der Waals surface area contributed by atoms with Crippen molar-refractivity contribution < 1.29 is 4.74 Å². The highest BCUT2D eigenvalue weighted by Crippen LogP contribution is 2.25. The van der Waals surface area contributed by atoms with E-state index in [0.717, 1.165) is 28.9 Å². The number of hydrogen-bond acceptors (Lipinski definition) is 7. The van der Waals surface area contributed by atoms with Crippen LogP contribution in [0.15, 0.2) is 35.6 Å². The average Bonchev–Trinajstić information content (AvgIpc) is 3.45. The van der Waals surface area contributed by atoms with Crippen molar-refractivity contribution in [2.45, 2.75) is 19.4 Å². The average molecular weight is 406 g/mol. The molecule has 4 aromatic rings. The van der Waals surface area contributed by atoms with Gasteiger partial charge in [0.15, 0.2) is 5.65 Å². The number of fused-ring (bicyclic) bond motifs is 1. The Labute approximate surface area is 172 Å². The Hall–Kier alpha value is -3.53. The zero-order valence-electron chi connectivity index (χ0n) is 17.0. The van der Waals surface area contributed by atoms with Crippen molar-refractivity contribution in [3.05, 3.63) is 46.9 Å². The van der Waals surface area contributed by atoms with E-state index in [9.17, 15) is 4.79 Å². The molecular formula is C20H22N8O2. The maximum Gasteiger partial charge on any atom is 0.330 e. The number of nitrogens with one attached hydrogen (secondary N) is 1. The fourth-order valence-electron chi connectivity index (χ4n) is 3.77. The molecule has 1 fully saturated rings. The molecule has 1 saturated heterocycles. The summed E-state index contributed by atoms with van der Waals surface area (Å²) in [6.07, 6.45) is 7.94. The van der Waals surface area contributed by atoms with E-state index in [-0.39, 0.29) is 11.7 Å². The van der Waals surface area contributed by atoms with Gasteiger partial charge in [-0.1, -0.05) is 0 Å². The molecule has 1 N–H and O–H groups in total. The van der Waals surface area contributed by atoms with Gasteiger partial charge in [0.2, 0.25) is 5.95 Å². The second kappa shape index (κ2) is 7.06.